The lowest BCUT2D eigenvalue weighted by Gasteiger charge is -2.17. The maximum atomic E-state index is 12.5. The van der Waals surface area contributed by atoms with Crippen molar-refractivity contribution in [2.75, 3.05) is 18.6 Å². The van der Waals surface area contributed by atoms with E-state index in [0.29, 0.717) is 18.5 Å². The third-order valence-electron chi connectivity index (χ3n) is 4.33. The van der Waals surface area contributed by atoms with Crippen LogP contribution in [0.3, 0.4) is 0 Å². The van der Waals surface area contributed by atoms with Crippen LogP contribution in [0, 0.1) is 13.8 Å². The lowest BCUT2D eigenvalue weighted by molar-refractivity contribution is -0.117. The van der Waals surface area contributed by atoms with Crippen LogP contribution in [0.2, 0.25) is 0 Å². The van der Waals surface area contributed by atoms with Crippen LogP contribution in [-0.2, 0) is 4.79 Å². The predicted molar refractivity (Wildman–Crippen MR) is 97.1 cm³/mol. The van der Waals surface area contributed by atoms with Gasteiger partial charge in [0.1, 0.15) is 5.75 Å². The van der Waals surface area contributed by atoms with Crippen molar-refractivity contribution in [2.45, 2.75) is 26.3 Å². The average Bonchev–Trinajstić information content (AvgIpc) is 2.94. The van der Waals surface area contributed by atoms with Gasteiger partial charge in [0.15, 0.2) is 0 Å². The molecule has 1 aliphatic rings. The molecule has 0 aliphatic carbocycles. The van der Waals surface area contributed by atoms with E-state index in [4.69, 9.17) is 4.74 Å². The number of carbonyl (C=O) groups is 2. The number of nitrogens with zero attached hydrogens (tertiary/aromatic N) is 1. The van der Waals surface area contributed by atoms with E-state index in [1.54, 1.807) is 12.0 Å². The van der Waals surface area contributed by atoms with Gasteiger partial charge in [0, 0.05) is 24.2 Å². The molecule has 1 atom stereocenters. The van der Waals surface area contributed by atoms with E-state index >= 15 is 0 Å². The Bertz CT molecular complexity index is 779. The smallest absolute Gasteiger partial charge is 0.251 e. The summed E-state index contributed by atoms with van der Waals surface area (Å²) in [5, 5.41) is 2.98. The van der Waals surface area contributed by atoms with Crippen molar-refractivity contribution >= 4 is 17.5 Å². The third kappa shape index (κ3) is 3.82. The Morgan fingerprint density at radius 1 is 1.12 bits per heavy atom. The fourth-order valence-corrected chi connectivity index (χ4v) is 3.19. The zero-order chi connectivity index (χ0) is 18.0. The Kier molecular flexibility index (Phi) is 4.74. The van der Waals surface area contributed by atoms with E-state index in [0.717, 1.165) is 22.6 Å². The zero-order valence-electron chi connectivity index (χ0n) is 14.7. The van der Waals surface area contributed by atoms with Crippen LogP contribution in [0.25, 0.3) is 0 Å². The molecule has 1 aliphatic heterocycles. The Morgan fingerprint density at radius 2 is 1.76 bits per heavy atom. The van der Waals surface area contributed by atoms with Crippen molar-refractivity contribution in [2.24, 2.45) is 0 Å². The van der Waals surface area contributed by atoms with Crippen LogP contribution in [0.4, 0.5) is 5.69 Å². The second-order valence-corrected chi connectivity index (χ2v) is 6.45. The Morgan fingerprint density at radius 3 is 2.36 bits per heavy atom. The normalized spacial score (nSPS) is 16.8. The summed E-state index contributed by atoms with van der Waals surface area (Å²) < 4.78 is 5.14. The van der Waals surface area contributed by atoms with Gasteiger partial charge in [-0.1, -0.05) is 17.2 Å². The number of ether oxygens (including phenoxy) is 1. The third-order valence-corrected chi connectivity index (χ3v) is 4.33. The van der Waals surface area contributed by atoms with E-state index in [-0.39, 0.29) is 17.9 Å². The molecular weight excluding hydrogens is 316 g/mol. The molecule has 0 radical (unpaired) electrons. The van der Waals surface area contributed by atoms with Crippen LogP contribution in [0.5, 0.6) is 5.75 Å². The molecular formula is C20H22N2O3. The van der Waals surface area contributed by atoms with E-state index in [1.807, 2.05) is 56.3 Å². The highest BCUT2D eigenvalue weighted by Gasteiger charge is 2.31. The van der Waals surface area contributed by atoms with Gasteiger partial charge < -0.3 is 15.0 Å². The number of anilines is 1. The van der Waals surface area contributed by atoms with Gasteiger partial charge in [0.2, 0.25) is 5.91 Å². The van der Waals surface area contributed by atoms with Crippen molar-refractivity contribution in [3.05, 3.63) is 59.2 Å². The average molecular weight is 338 g/mol. The lowest BCUT2D eigenvalue weighted by atomic mass is 10.1. The van der Waals surface area contributed by atoms with E-state index in [2.05, 4.69) is 5.32 Å². The minimum absolute atomic E-state index is 0.0101. The SMILES string of the molecule is COc1ccc(N2C[C@H](NC(=O)c3cc(C)cc(C)c3)CC2=O)cc1. The molecule has 25 heavy (non-hydrogen) atoms. The van der Waals surface area contributed by atoms with Crippen molar-refractivity contribution in [1.29, 1.82) is 0 Å². The minimum Gasteiger partial charge on any atom is -0.497 e. The number of nitrogens with one attached hydrogen (secondary N) is 1. The zero-order valence-corrected chi connectivity index (χ0v) is 14.7. The van der Waals surface area contributed by atoms with Crippen molar-refractivity contribution in [1.82, 2.24) is 5.32 Å². The van der Waals surface area contributed by atoms with Gasteiger partial charge in [0.25, 0.3) is 5.91 Å². The Labute approximate surface area is 147 Å². The topological polar surface area (TPSA) is 58.6 Å². The summed E-state index contributed by atoms with van der Waals surface area (Å²) in [5.41, 5.74) is 3.54. The summed E-state index contributed by atoms with van der Waals surface area (Å²) in [6.45, 7) is 4.41. The molecule has 2 aromatic rings. The summed E-state index contributed by atoms with van der Waals surface area (Å²) in [6, 6.07) is 12.9. The molecule has 0 spiro atoms. The molecule has 0 aromatic heterocycles. The minimum atomic E-state index is -0.192. The predicted octanol–water partition coefficient (Wildman–Crippen LogP) is 2.85. The molecule has 3 rings (SSSR count). The van der Waals surface area contributed by atoms with Gasteiger partial charge in [-0.25, -0.2) is 0 Å². The summed E-state index contributed by atoms with van der Waals surface area (Å²) in [4.78, 5) is 26.5. The van der Waals surface area contributed by atoms with E-state index in [9.17, 15) is 9.59 Å². The number of methoxy groups -OCH3 is 1. The van der Waals surface area contributed by atoms with Gasteiger partial charge in [-0.3, -0.25) is 9.59 Å². The summed E-state index contributed by atoms with van der Waals surface area (Å²) in [7, 11) is 1.61. The first kappa shape index (κ1) is 17.0. The maximum absolute atomic E-state index is 12.5. The Hall–Kier alpha value is -2.82. The van der Waals surface area contributed by atoms with Gasteiger partial charge >= 0.3 is 0 Å². The second-order valence-electron chi connectivity index (χ2n) is 6.45. The van der Waals surface area contributed by atoms with Crippen molar-refractivity contribution in [3.8, 4) is 5.75 Å². The van der Waals surface area contributed by atoms with Gasteiger partial charge in [0.05, 0.1) is 13.2 Å². The first-order chi connectivity index (χ1) is 12.0. The molecule has 130 valence electrons. The van der Waals surface area contributed by atoms with Crippen LogP contribution < -0.4 is 15.0 Å². The van der Waals surface area contributed by atoms with Crippen LogP contribution in [0.15, 0.2) is 42.5 Å². The molecule has 2 aromatic carbocycles. The van der Waals surface area contributed by atoms with E-state index in [1.165, 1.54) is 0 Å². The van der Waals surface area contributed by atoms with Crippen LogP contribution >= 0.6 is 0 Å². The monoisotopic (exact) mass is 338 g/mol. The molecule has 1 saturated heterocycles. The van der Waals surface area contributed by atoms with E-state index < -0.39 is 0 Å². The number of benzene rings is 2. The Balaban J connectivity index is 1.68. The highest BCUT2D eigenvalue weighted by Crippen LogP contribution is 2.24. The van der Waals surface area contributed by atoms with Crippen LogP contribution in [-0.4, -0.2) is 31.5 Å². The summed E-state index contributed by atoms with van der Waals surface area (Å²) >= 11 is 0. The van der Waals surface area contributed by atoms with Crippen molar-refractivity contribution < 1.29 is 14.3 Å². The maximum Gasteiger partial charge on any atom is 0.251 e. The number of amides is 2. The first-order valence-corrected chi connectivity index (χ1v) is 8.30. The number of carbonyl (C=O) groups excluding carboxylic acids is 2. The molecule has 0 bridgehead atoms. The molecule has 1 fully saturated rings. The quantitative estimate of drug-likeness (QED) is 0.932. The van der Waals surface area contributed by atoms with Gasteiger partial charge in [-0.2, -0.15) is 0 Å². The number of hydrogen-bond donors (Lipinski definition) is 1. The molecule has 2 amide bonds. The van der Waals surface area contributed by atoms with Gasteiger partial charge in [-0.05, 0) is 50.2 Å². The summed E-state index contributed by atoms with van der Waals surface area (Å²) in [6.07, 6.45) is 0.308. The molecule has 1 N–H and O–H groups in total. The van der Waals surface area contributed by atoms with Crippen LogP contribution in [0.1, 0.15) is 27.9 Å². The highest BCUT2D eigenvalue weighted by molar-refractivity contribution is 5.99. The molecule has 5 heteroatoms. The fraction of sp³-hybridized carbons (Fsp3) is 0.300. The number of aryl methyl sites for hydroxylation is 2. The lowest BCUT2D eigenvalue weighted by Crippen LogP contribution is -2.37. The number of hydrogen-bond acceptors (Lipinski definition) is 3. The largest absolute Gasteiger partial charge is 0.497 e. The molecule has 5 nitrogen and oxygen atoms in total. The van der Waals surface area contributed by atoms with Gasteiger partial charge in [-0.15, -0.1) is 0 Å². The first-order valence-electron chi connectivity index (χ1n) is 8.30. The van der Waals surface area contributed by atoms with Crippen molar-refractivity contribution in [3.63, 3.8) is 0 Å². The number of rotatable bonds is 4. The standard InChI is InChI=1S/C20H22N2O3/c1-13-8-14(2)10-15(9-13)20(24)21-16-11-19(23)22(12-16)17-4-6-18(25-3)7-5-17/h4-10,16H,11-12H2,1-3H3,(H,21,24)/t16-/m1/s1. The molecule has 0 unspecified atom stereocenters. The second kappa shape index (κ2) is 6.97. The fourth-order valence-electron chi connectivity index (χ4n) is 3.19. The molecule has 1 heterocycles. The highest BCUT2D eigenvalue weighted by atomic mass is 16.5. The molecule has 0 saturated carbocycles. The summed E-state index contributed by atoms with van der Waals surface area (Å²) in [5.74, 6) is 0.618.